The Labute approximate surface area is 94.8 Å². The summed E-state index contributed by atoms with van der Waals surface area (Å²) in [5.41, 5.74) is 8.63. The molecule has 1 aliphatic rings. The molecule has 2 N–H and O–H groups in total. The van der Waals surface area contributed by atoms with Crippen molar-refractivity contribution in [3.05, 3.63) is 16.7 Å². The van der Waals surface area contributed by atoms with E-state index in [0.717, 1.165) is 23.5 Å². The monoisotopic (exact) mass is 226 g/mol. The number of likely N-dealkylation sites (N-methyl/N-ethyl adjacent to an activating group) is 1. The third-order valence-electron chi connectivity index (χ3n) is 2.73. The highest BCUT2D eigenvalue weighted by molar-refractivity contribution is 6.33. The molecule has 1 atom stereocenters. The Morgan fingerprint density at radius 3 is 2.93 bits per heavy atom. The van der Waals surface area contributed by atoms with Crippen molar-refractivity contribution in [3.63, 3.8) is 0 Å². The Bertz CT molecular complexity index is 406. The van der Waals surface area contributed by atoms with Gasteiger partial charge in [0.15, 0.2) is 5.75 Å². The molecule has 82 valence electrons. The van der Waals surface area contributed by atoms with Crippen molar-refractivity contribution in [2.75, 3.05) is 24.2 Å². The third-order valence-corrected chi connectivity index (χ3v) is 3.01. The maximum atomic E-state index is 6.12. The first-order chi connectivity index (χ1) is 7.00. The van der Waals surface area contributed by atoms with Gasteiger partial charge in [-0.05, 0) is 25.5 Å². The molecule has 1 aromatic carbocycles. The maximum Gasteiger partial charge on any atom is 0.162 e. The van der Waals surface area contributed by atoms with Crippen LogP contribution in [-0.2, 0) is 0 Å². The minimum Gasteiger partial charge on any atom is -0.485 e. The van der Waals surface area contributed by atoms with Gasteiger partial charge >= 0.3 is 0 Å². The number of halogens is 1. The quantitative estimate of drug-likeness (QED) is 0.691. The highest BCUT2D eigenvalue weighted by Gasteiger charge is 2.25. The van der Waals surface area contributed by atoms with Gasteiger partial charge in [-0.25, -0.2) is 0 Å². The fraction of sp³-hybridized carbons (Fsp3) is 0.455. The van der Waals surface area contributed by atoms with Crippen molar-refractivity contribution >= 4 is 23.0 Å². The highest BCUT2D eigenvalue weighted by atomic mass is 35.5. The molecule has 4 heteroatoms. The summed E-state index contributed by atoms with van der Waals surface area (Å²) in [5, 5.41) is 0.589. The fourth-order valence-electron chi connectivity index (χ4n) is 2.02. The summed E-state index contributed by atoms with van der Waals surface area (Å²) < 4.78 is 5.74. The zero-order valence-electron chi connectivity index (χ0n) is 9.17. The Balaban J connectivity index is 2.63. The van der Waals surface area contributed by atoms with Gasteiger partial charge in [0.2, 0.25) is 0 Å². The van der Waals surface area contributed by atoms with Crippen LogP contribution in [0.2, 0.25) is 5.02 Å². The molecule has 1 aromatic rings. The van der Waals surface area contributed by atoms with Gasteiger partial charge in [-0.2, -0.15) is 0 Å². The molecule has 0 aliphatic carbocycles. The van der Waals surface area contributed by atoms with Crippen LogP contribution in [0.3, 0.4) is 0 Å². The van der Waals surface area contributed by atoms with E-state index in [2.05, 4.69) is 4.90 Å². The van der Waals surface area contributed by atoms with Crippen LogP contribution in [0.4, 0.5) is 11.4 Å². The minimum absolute atomic E-state index is 0.156. The van der Waals surface area contributed by atoms with Gasteiger partial charge < -0.3 is 15.4 Å². The standard InChI is InChI=1S/C11H15ClN2O/c1-6-5-14(3)10-7(2)9(13)4-8(12)11(10)15-6/h4,6H,5,13H2,1-3H3. The van der Waals surface area contributed by atoms with Crippen molar-refractivity contribution in [1.82, 2.24) is 0 Å². The van der Waals surface area contributed by atoms with E-state index in [1.54, 1.807) is 6.07 Å². The molecular formula is C11H15ClN2O. The molecule has 1 unspecified atom stereocenters. The van der Waals surface area contributed by atoms with Gasteiger partial charge in [0.25, 0.3) is 0 Å². The van der Waals surface area contributed by atoms with E-state index in [4.69, 9.17) is 22.1 Å². The normalized spacial score (nSPS) is 19.7. The zero-order chi connectivity index (χ0) is 11.2. The van der Waals surface area contributed by atoms with Crippen molar-refractivity contribution in [3.8, 4) is 5.75 Å². The van der Waals surface area contributed by atoms with Gasteiger partial charge in [0, 0.05) is 12.7 Å². The van der Waals surface area contributed by atoms with E-state index < -0.39 is 0 Å². The number of rotatable bonds is 0. The summed E-state index contributed by atoms with van der Waals surface area (Å²) in [5.74, 6) is 0.754. The molecule has 0 aromatic heterocycles. The number of nitrogens with zero attached hydrogens (tertiary/aromatic N) is 1. The first kappa shape index (κ1) is 10.4. The van der Waals surface area contributed by atoms with Gasteiger partial charge in [-0.3, -0.25) is 0 Å². The van der Waals surface area contributed by atoms with Crippen LogP contribution < -0.4 is 15.4 Å². The lowest BCUT2D eigenvalue weighted by Gasteiger charge is -2.34. The summed E-state index contributed by atoms with van der Waals surface area (Å²) in [6, 6.07) is 1.75. The molecular weight excluding hydrogens is 212 g/mol. The molecule has 0 bridgehead atoms. The molecule has 3 nitrogen and oxygen atoms in total. The Kier molecular flexibility index (Phi) is 2.43. The van der Waals surface area contributed by atoms with Crippen molar-refractivity contribution in [2.45, 2.75) is 20.0 Å². The molecule has 0 saturated heterocycles. The second-order valence-corrected chi connectivity index (χ2v) is 4.47. The Morgan fingerprint density at radius 2 is 2.27 bits per heavy atom. The van der Waals surface area contributed by atoms with Gasteiger partial charge in [0.1, 0.15) is 6.10 Å². The maximum absolute atomic E-state index is 6.12. The molecule has 15 heavy (non-hydrogen) atoms. The second kappa shape index (κ2) is 3.49. The lowest BCUT2D eigenvalue weighted by atomic mass is 10.1. The molecule has 0 spiro atoms. The lowest BCUT2D eigenvalue weighted by molar-refractivity contribution is 0.215. The van der Waals surface area contributed by atoms with Crippen molar-refractivity contribution in [1.29, 1.82) is 0 Å². The third kappa shape index (κ3) is 1.61. The number of nitrogen functional groups attached to an aromatic ring is 1. The van der Waals surface area contributed by atoms with E-state index in [0.29, 0.717) is 10.7 Å². The molecule has 0 amide bonds. The van der Waals surface area contributed by atoms with Gasteiger partial charge in [-0.1, -0.05) is 11.6 Å². The van der Waals surface area contributed by atoms with Gasteiger partial charge in [-0.15, -0.1) is 0 Å². The molecule has 1 aliphatic heterocycles. The van der Waals surface area contributed by atoms with Crippen LogP contribution >= 0.6 is 11.6 Å². The summed E-state index contributed by atoms with van der Waals surface area (Å²) in [7, 11) is 2.03. The van der Waals surface area contributed by atoms with Crippen LogP contribution in [0, 0.1) is 6.92 Å². The van der Waals surface area contributed by atoms with E-state index in [-0.39, 0.29) is 6.10 Å². The fourth-order valence-corrected chi connectivity index (χ4v) is 2.27. The zero-order valence-corrected chi connectivity index (χ0v) is 9.93. The summed E-state index contributed by atoms with van der Waals surface area (Å²) in [4.78, 5) is 2.14. The first-order valence-corrected chi connectivity index (χ1v) is 5.35. The van der Waals surface area contributed by atoms with Crippen LogP contribution in [0.25, 0.3) is 0 Å². The highest BCUT2D eigenvalue weighted by Crippen LogP contribution is 2.43. The number of ether oxygens (including phenoxy) is 1. The number of anilines is 2. The number of hydrogen-bond acceptors (Lipinski definition) is 3. The van der Waals surface area contributed by atoms with E-state index >= 15 is 0 Å². The molecule has 2 rings (SSSR count). The minimum atomic E-state index is 0.156. The van der Waals surface area contributed by atoms with Gasteiger partial charge in [0.05, 0.1) is 17.3 Å². The van der Waals surface area contributed by atoms with Crippen LogP contribution in [0.15, 0.2) is 6.07 Å². The molecule has 1 heterocycles. The summed E-state index contributed by atoms with van der Waals surface area (Å²) in [6.45, 7) is 4.87. The summed E-state index contributed by atoms with van der Waals surface area (Å²) >= 11 is 6.12. The Morgan fingerprint density at radius 1 is 1.60 bits per heavy atom. The predicted octanol–water partition coefficient (Wildman–Crippen LogP) is 2.45. The Hall–Kier alpha value is -1.09. The lowest BCUT2D eigenvalue weighted by Crippen LogP contribution is -2.36. The first-order valence-electron chi connectivity index (χ1n) is 4.97. The summed E-state index contributed by atoms with van der Waals surface area (Å²) in [6.07, 6.45) is 0.156. The number of hydrogen-bond donors (Lipinski definition) is 1. The predicted molar refractivity (Wildman–Crippen MR) is 64.0 cm³/mol. The number of nitrogens with two attached hydrogens (primary N) is 1. The SMILES string of the molecule is Cc1c(N)cc(Cl)c2c1N(C)CC(C)O2. The van der Waals surface area contributed by atoms with Crippen molar-refractivity contribution in [2.24, 2.45) is 0 Å². The van der Waals surface area contributed by atoms with Crippen molar-refractivity contribution < 1.29 is 4.74 Å². The van der Waals surface area contributed by atoms with E-state index in [1.165, 1.54) is 0 Å². The van der Waals surface area contributed by atoms with Crippen LogP contribution in [-0.4, -0.2) is 19.7 Å². The van der Waals surface area contributed by atoms with E-state index in [9.17, 15) is 0 Å². The average Bonchev–Trinajstić information content (AvgIpc) is 2.13. The largest absolute Gasteiger partial charge is 0.485 e. The molecule has 0 fully saturated rings. The topological polar surface area (TPSA) is 38.5 Å². The average molecular weight is 227 g/mol. The van der Waals surface area contributed by atoms with Crippen LogP contribution in [0.1, 0.15) is 12.5 Å². The number of fused-ring (bicyclic) bond motifs is 1. The number of benzene rings is 1. The molecule has 0 radical (unpaired) electrons. The van der Waals surface area contributed by atoms with E-state index in [1.807, 2.05) is 20.9 Å². The second-order valence-electron chi connectivity index (χ2n) is 4.06. The van der Waals surface area contributed by atoms with Crippen LogP contribution in [0.5, 0.6) is 5.75 Å². The smallest absolute Gasteiger partial charge is 0.162 e. The molecule has 0 saturated carbocycles.